The van der Waals surface area contributed by atoms with Gasteiger partial charge in [0.05, 0.1) is 5.69 Å². The van der Waals surface area contributed by atoms with Gasteiger partial charge in [-0.05, 0) is 117 Å². The smallest absolute Gasteiger partial charge is 0.333 e. The summed E-state index contributed by atoms with van der Waals surface area (Å²) >= 11 is 1.92. The Hall–Kier alpha value is -8.78. The molecule has 0 unspecified atom stereocenters. The van der Waals surface area contributed by atoms with Gasteiger partial charge >= 0.3 is 6.85 Å². The van der Waals surface area contributed by atoms with E-state index in [2.05, 4.69) is 237 Å². The first-order valence-corrected chi connectivity index (χ1v) is 27.3. The molecule has 0 radical (unpaired) electrons. The summed E-state index contributed by atoms with van der Waals surface area (Å²) in [6.45, 7) is 11.5. The zero-order chi connectivity index (χ0) is 50.8. The highest BCUT2D eigenvalue weighted by atomic mass is 32.1. The van der Waals surface area contributed by atoms with Crippen molar-refractivity contribution in [2.75, 3.05) is 9.80 Å². The maximum absolute atomic E-state index is 6.95. The van der Waals surface area contributed by atoms with Crippen LogP contribution >= 0.6 is 11.3 Å². The fourth-order valence-corrected chi connectivity index (χ4v) is 14.6. The lowest BCUT2D eigenvalue weighted by atomic mass is 9.45. The molecule has 12 aromatic rings. The van der Waals surface area contributed by atoms with Gasteiger partial charge in [-0.15, -0.1) is 11.3 Å². The van der Waals surface area contributed by atoms with Crippen molar-refractivity contribution in [3.05, 3.63) is 229 Å². The van der Waals surface area contributed by atoms with Crippen LogP contribution in [-0.2, 0) is 10.8 Å². The highest BCUT2D eigenvalue weighted by Gasteiger charge is 2.50. The van der Waals surface area contributed by atoms with Crippen LogP contribution in [-0.4, -0.2) is 11.3 Å². The summed E-state index contributed by atoms with van der Waals surface area (Å²) in [6, 6.07) is 78.1. The summed E-state index contributed by atoms with van der Waals surface area (Å²) in [5.74, 6) is 2.82. The molecule has 2 aromatic heterocycles. The van der Waals surface area contributed by atoms with Gasteiger partial charge in [0, 0.05) is 98.9 Å². The third kappa shape index (κ3) is 6.03. The number of fused-ring (bicyclic) bond motifs is 15. The molecule has 3 aliphatic heterocycles. The molecule has 0 saturated heterocycles. The lowest BCUT2D eigenvalue weighted by Gasteiger charge is -2.42. The number of aromatic nitrogens is 1. The van der Waals surface area contributed by atoms with Crippen LogP contribution in [0.4, 0.5) is 34.1 Å². The minimum absolute atomic E-state index is 0.0860. The number of benzene rings is 10. The van der Waals surface area contributed by atoms with Crippen molar-refractivity contribution < 1.29 is 9.47 Å². The standard InChI is InChI=1S/C69H50BN3O2S/c1-68(2,3)42-33-34-54(48(35-42)41-21-9-6-10-22-41)72-55-40-60-59(74-57-30-18-19-31-58(57)75-60)39-53(55)70-64-56(72)38-49-46-27-16-20-32-61(46)76-67(49)62(64)50-36-45(71(43-23-11-7-12-24-43)44-25-13-8-14-26-44)37-51-63-66(73(70)65(50)51)47-28-15-17-29-52(47)69(63,4)5/h6-40H,1-5H3. The number of para-hydroxylation sites is 4. The molecule has 362 valence electrons. The number of rotatable bonds is 5. The van der Waals surface area contributed by atoms with E-state index in [4.69, 9.17) is 9.47 Å². The van der Waals surface area contributed by atoms with E-state index in [0.717, 1.165) is 45.2 Å². The predicted molar refractivity (Wildman–Crippen MR) is 318 cm³/mol. The van der Waals surface area contributed by atoms with Crippen LogP contribution in [0.1, 0.15) is 51.3 Å². The summed E-state index contributed by atoms with van der Waals surface area (Å²) in [6.07, 6.45) is 0. The second kappa shape index (κ2) is 15.6. The predicted octanol–water partition coefficient (Wildman–Crippen LogP) is 18.1. The van der Waals surface area contributed by atoms with Gasteiger partial charge in [-0.25, -0.2) is 0 Å². The molecule has 76 heavy (non-hydrogen) atoms. The first kappa shape index (κ1) is 43.6. The molecule has 5 heterocycles. The fraction of sp³-hybridized carbons (Fsp3) is 0.101. The van der Waals surface area contributed by atoms with Crippen LogP contribution in [0, 0.1) is 0 Å². The second-order valence-electron chi connectivity index (χ2n) is 22.4. The Morgan fingerprint density at radius 2 is 1.16 bits per heavy atom. The first-order chi connectivity index (χ1) is 37.1. The van der Waals surface area contributed by atoms with Crippen LogP contribution in [0.15, 0.2) is 212 Å². The highest BCUT2D eigenvalue weighted by Crippen LogP contribution is 2.60. The second-order valence-corrected chi connectivity index (χ2v) is 23.5. The summed E-state index contributed by atoms with van der Waals surface area (Å²) in [4.78, 5) is 5.02. The quantitative estimate of drug-likeness (QED) is 0.161. The van der Waals surface area contributed by atoms with E-state index >= 15 is 0 Å². The third-order valence-electron chi connectivity index (χ3n) is 16.7. The van der Waals surface area contributed by atoms with Gasteiger partial charge in [0.25, 0.3) is 0 Å². The number of nitrogens with zero attached hydrogens (tertiary/aromatic N) is 3. The Morgan fingerprint density at radius 1 is 0.513 bits per heavy atom. The van der Waals surface area contributed by atoms with Crippen LogP contribution in [0.3, 0.4) is 0 Å². The first-order valence-electron chi connectivity index (χ1n) is 26.4. The molecule has 7 heteroatoms. The molecule has 10 aromatic carbocycles. The summed E-state index contributed by atoms with van der Waals surface area (Å²) < 4.78 is 19.2. The average Bonchev–Trinajstić information content (AvgIpc) is 4.10. The SMILES string of the molecule is CC(C)(C)c1ccc(N2c3cc4c(cc3B3c5c2cc2c(sc6ccccc62)c5-c2cc(N(c5ccccc5)c5ccccc5)cc5c6c(n3c25)-c2ccccc2C6(C)C)Oc2ccccc2O4)c(-c2ccccc2)c1. The van der Waals surface area contributed by atoms with E-state index in [1.165, 1.54) is 81.2 Å². The number of anilines is 6. The van der Waals surface area contributed by atoms with Crippen molar-refractivity contribution in [3.63, 3.8) is 0 Å². The van der Waals surface area contributed by atoms with Crippen molar-refractivity contribution in [2.45, 2.75) is 45.4 Å². The monoisotopic (exact) mass is 995 g/mol. The van der Waals surface area contributed by atoms with Gasteiger partial charge < -0.3 is 23.8 Å². The largest absolute Gasteiger partial charge is 0.450 e. The fourth-order valence-electron chi connectivity index (χ4n) is 13.3. The zero-order valence-electron chi connectivity index (χ0n) is 42.9. The molecule has 0 spiro atoms. The van der Waals surface area contributed by atoms with Crippen LogP contribution in [0.25, 0.3) is 64.6 Å². The van der Waals surface area contributed by atoms with E-state index in [1.807, 2.05) is 35.6 Å². The number of hydrogen-bond acceptors (Lipinski definition) is 5. The molecule has 1 aliphatic carbocycles. The molecule has 4 aliphatic rings. The Morgan fingerprint density at radius 3 is 1.88 bits per heavy atom. The van der Waals surface area contributed by atoms with Crippen molar-refractivity contribution in [2.24, 2.45) is 0 Å². The van der Waals surface area contributed by atoms with Gasteiger partial charge in [-0.3, -0.25) is 0 Å². The van der Waals surface area contributed by atoms with E-state index in [-0.39, 0.29) is 17.7 Å². The molecular weight excluding hydrogens is 946 g/mol. The number of ether oxygens (including phenoxy) is 2. The lowest BCUT2D eigenvalue weighted by molar-refractivity contribution is 0.360. The van der Waals surface area contributed by atoms with Crippen LogP contribution < -0.4 is 30.2 Å². The molecular formula is C69H50BN3O2S. The normalized spacial score (nSPS) is 14.1. The third-order valence-corrected chi connectivity index (χ3v) is 17.9. The number of hydrogen-bond donors (Lipinski definition) is 0. The van der Waals surface area contributed by atoms with E-state index < -0.39 is 0 Å². The van der Waals surface area contributed by atoms with Gasteiger partial charge in [-0.2, -0.15) is 0 Å². The van der Waals surface area contributed by atoms with E-state index in [0.29, 0.717) is 23.0 Å². The molecule has 0 N–H and O–H groups in total. The average molecular weight is 996 g/mol. The summed E-state index contributed by atoms with van der Waals surface area (Å²) in [5.41, 5.74) is 21.3. The Labute approximate surface area is 446 Å². The summed E-state index contributed by atoms with van der Waals surface area (Å²) in [7, 11) is 0. The van der Waals surface area contributed by atoms with E-state index in [1.54, 1.807) is 0 Å². The zero-order valence-corrected chi connectivity index (χ0v) is 43.7. The van der Waals surface area contributed by atoms with Gasteiger partial charge in [0.1, 0.15) is 0 Å². The van der Waals surface area contributed by atoms with Gasteiger partial charge in [-0.1, -0.05) is 162 Å². The van der Waals surface area contributed by atoms with Crippen molar-refractivity contribution in [1.29, 1.82) is 0 Å². The van der Waals surface area contributed by atoms with Crippen LogP contribution in [0.5, 0.6) is 23.0 Å². The molecule has 5 nitrogen and oxygen atoms in total. The summed E-state index contributed by atoms with van der Waals surface area (Å²) in [5, 5.41) is 3.78. The van der Waals surface area contributed by atoms with Crippen molar-refractivity contribution in [3.8, 4) is 56.5 Å². The minimum atomic E-state index is -0.318. The Bertz CT molecular complexity index is 4400. The lowest BCUT2D eigenvalue weighted by Crippen LogP contribution is -2.57. The topological polar surface area (TPSA) is 29.9 Å². The number of thiophene rings is 1. The van der Waals surface area contributed by atoms with Crippen molar-refractivity contribution >= 4 is 94.3 Å². The van der Waals surface area contributed by atoms with E-state index in [9.17, 15) is 0 Å². The Balaban J connectivity index is 1.10. The molecule has 0 bridgehead atoms. The molecule has 0 saturated carbocycles. The molecule has 0 atom stereocenters. The maximum atomic E-state index is 6.95. The maximum Gasteiger partial charge on any atom is 0.333 e. The van der Waals surface area contributed by atoms with Gasteiger partial charge in [0.15, 0.2) is 23.0 Å². The molecule has 16 rings (SSSR count). The van der Waals surface area contributed by atoms with Gasteiger partial charge in [0.2, 0.25) is 0 Å². The molecule has 0 fully saturated rings. The molecule has 0 amide bonds. The van der Waals surface area contributed by atoms with Crippen molar-refractivity contribution in [1.82, 2.24) is 4.48 Å². The van der Waals surface area contributed by atoms with Crippen LogP contribution in [0.2, 0.25) is 0 Å². The highest BCUT2D eigenvalue weighted by molar-refractivity contribution is 7.26. The minimum Gasteiger partial charge on any atom is -0.450 e. The Kier molecular flexibility index (Phi) is 8.97.